The van der Waals surface area contributed by atoms with E-state index in [1.807, 2.05) is 0 Å². The van der Waals surface area contributed by atoms with Gasteiger partial charge >= 0.3 is 11.3 Å². The molecule has 2 unspecified atom stereocenters. The number of rotatable bonds is 4. The predicted octanol–water partition coefficient (Wildman–Crippen LogP) is -2.32. The van der Waals surface area contributed by atoms with E-state index in [-0.39, 0.29) is 52.1 Å². The lowest BCUT2D eigenvalue weighted by Gasteiger charge is -2.39. The van der Waals surface area contributed by atoms with E-state index >= 15 is 0 Å². The number of aromatic hydroxyl groups is 3. The van der Waals surface area contributed by atoms with Crippen molar-refractivity contribution in [1.82, 2.24) is 0 Å². The van der Waals surface area contributed by atoms with Crippen molar-refractivity contribution in [2.45, 2.75) is 30.7 Å². The fourth-order valence-corrected chi connectivity index (χ4v) is 3.38. The second-order valence-electron chi connectivity index (χ2n) is 7.18. The van der Waals surface area contributed by atoms with Gasteiger partial charge < -0.3 is 57.6 Å². The molecule has 1 aromatic heterocycles. The first-order chi connectivity index (χ1) is 14.8. The normalized spacial score (nSPS) is 25.3. The van der Waals surface area contributed by atoms with Crippen LogP contribution in [0.2, 0.25) is 0 Å². The van der Waals surface area contributed by atoms with Gasteiger partial charge in [-0.2, -0.15) is 0 Å². The Labute approximate surface area is 187 Å². The summed E-state index contributed by atoms with van der Waals surface area (Å²) in [5.41, 5.74) is 0.573. The number of halogens is 1. The molecule has 0 amide bonds. The third kappa shape index (κ3) is 4.37. The maximum absolute atomic E-state index is 10.3. The highest BCUT2D eigenvalue weighted by Crippen LogP contribution is 2.40. The molecule has 0 bridgehead atoms. The van der Waals surface area contributed by atoms with Gasteiger partial charge in [0.15, 0.2) is 0 Å². The zero-order valence-electron chi connectivity index (χ0n) is 16.4. The quantitative estimate of drug-likeness (QED) is 0.206. The van der Waals surface area contributed by atoms with E-state index < -0.39 is 37.3 Å². The van der Waals surface area contributed by atoms with Crippen molar-refractivity contribution in [3.8, 4) is 34.3 Å². The summed E-state index contributed by atoms with van der Waals surface area (Å²) in [7, 11) is 0. The third-order valence-corrected chi connectivity index (χ3v) is 5.04. The van der Waals surface area contributed by atoms with Gasteiger partial charge in [-0.3, -0.25) is 0 Å². The number of aliphatic hydroxyl groups is 4. The highest BCUT2D eigenvalue weighted by atomic mass is 35.5. The van der Waals surface area contributed by atoms with Gasteiger partial charge in [0.2, 0.25) is 12.0 Å². The van der Waals surface area contributed by atoms with Gasteiger partial charge in [-0.1, -0.05) is 0 Å². The Hall–Kier alpha value is -2.86. The Morgan fingerprint density at radius 3 is 2.22 bits per heavy atom. The van der Waals surface area contributed by atoms with Gasteiger partial charge in [-0.25, -0.2) is 4.42 Å². The standard InChI is InChI=1S/C21H20O10.ClH/c22-8-16-17(26)18(27)19(28)21(31-16)30-15-7-12-13(25)5-11(24)6-14(12)29-20(15)9-1-3-10(23)4-2-9;/h1-7,16-19,21-22,26-28H,8H2,(H2-,23,24,25);1H/t16?,17-,18?,19-,21+;/m0./s1. The molecule has 0 spiro atoms. The Morgan fingerprint density at radius 2 is 1.56 bits per heavy atom. The van der Waals surface area contributed by atoms with Crippen LogP contribution in [0.15, 0.2) is 46.9 Å². The van der Waals surface area contributed by atoms with Crippen molar-refractivity contribution in [3.63, 3.8) is 0 Å². The van der Waals surface area contributed by atoms with Gasteiger partial charge in [0.05, 0.1) is 18.2 Å². The first kappa shape index (κ1) is 23.8. The molecule has 172 valence electrons. The Morgan fingerprint density at radius 1 is 0.875 bits per heavy atom. The molecule has 0 radical (unpaired) electrons. The molecule has 1 aliphatic rings. The van der Waals surface area contributed by atoms with Gasteiger partial charge in [-0.05, 0) is 24.3 Å². The molecule has 1 aliphatic heterocycles. The monoisotopic (exact) mass is 468 g/mol. The van der Waals surface area contributed by atoms with Crippen LogP contribution in [0.1, 0.15) is 0 Å². The molecule has 11 heteroatoms. The predicted molar refractivity (Wildman–Crippen MR) is 105 cm³/mol. The summed E-state index contributed by atoms with van der Waals surface area (Å²) in [6, 6.07) is 9.66. The van der Waals surface area contributed by atoms with Gasteiger partial charge in [0.25, 0.3) is 0 Å². The van der Waals surface area contributed by atoms with E-state index in [0.717, 1.165) is 6.07 Å². The lowest BCUT2D eigenvalue weighted by atomic mass is 9.99. The summed E-state index contributed by atoms with van der Waals surface area (Å²) in [5, 5.41) is 69.4. The maximum Gasteiger partial charge on any atom is 0.402 e. The topological polar surface area (TPSA) is 171 Å². The molecule has 10 nitrogen and oxygen atoms in total. The highest BCUT2D eigenvalue weighted by molar-refractivity contribution is 5.88. The minimum atomic E-state index is -1.66. The number of aliphatic hydroxyl groups excluding tert-OH is 4. The number of benzene rings is 2. The fraction of sp³-hybridized carbons (Fsp3) is 0.286. The van der Waals surface area contributed by atoms with Crippen LogP contribution in [0.25, 0.3) is 22.3 Å². The molecule has 2 heterocycles. The van der Waals surface area contributed by atoms with E-state index in [1.54, 1.807) is 0 Å². The van der Waals surface area contributed by atoms with Crippen LogP contribution in [-0.2, 0) is 4.74 Å². The van der Waals surface area contributed by atoms with Crippen LogP contribution in [0.4, 0.5) is 0 Å². The van der Waals surface area contributed by atoms with Crippen molar-refractivity contribution in [2.24, 2.45) is 0 Å². The van der Waals surface area contributed by atoms with Crippen molar-refractivity contribution in [1.29, 1.82) is 0 Å². The minimum absolute atomic E-state index is 0. The SMILES string of the molecule is OCC1O[C@@H](Oc2cc3c(O)cc(O)cc3[o+]c2-c2ccc(O)cc2)[C@@H](O)C(O)[C@H]1O.[Cl-]. The zero-order chi connectivity index (χ0) is 22.3. The smallest absolute Gasteiger partial charge is 0.402 e. The number of fused-ring (bicyclic) bond motifs is 1. The molecular weight excluding hydrogens is 448 g/mol. The number of hydrogen-bond donors (Lipinski definition) is 7. The van der Waals surface area contributed by atoms with Crippen molar-refractivity contribution in [3.05, 3.63) is 42.5 Å². The van der Waals surface area contributed by atoms with Crippen LogP contribution in [-0.4, -0.2) is 73.1 Å². The average Bonchev–Trinajstić information content (AvgIpc) is 2.74. The van der Waals surface area contributed by atoms with Crippen molar-refractivity contribution >= 4 is 11.0 Å². The largest absolute Gasteiger partial charge is 1.00 e. The summed E-state index contributed by atoms with van der Waals surface area (Å²) in [4.78, 5) is 0. The summed E-state index contributed by atoms with van der Waals surface area (Å²) >= 11 is 0. The lowest BCUT2D eigenvalue weighted by Crippen LogP contribution is -3.00. The van der Waals surface area contributed by atoms with Gasteiger partial charge in [0, 0.05) is 12.1 Å². The molecule has 0 aliphatic carbocycles. The second kappa shape index (κ2) is 9.33. The highest BCUT2D eigenvalue weighted by Gasteiger charge is 2.45. The minimum Gasteiger partial charge on any atom is -1.00 e. The van der Waals surface area contributed by atoms with E-state index in [4.69, 9.17) is 13.9 Å². The first-order valence-corrected chi connectivity index (χ1v) is 9.38. The Kier molecular flexibility index (Phi) is 6.94. The molecular formula is C21H21ClO10. The van der Waals surface area contributed by atoms with Crippen LogP contribution < -0.4 is 17.1 Å². The molecule has 4 rings (SSSR count). The van der Waals surface area contributed by atoms with Gasteiger partial charge in [-0.15, -0.1) is 0 Å². The Balaban J connectivity index is 0.00000289. The summed E-state index contributed by atoms with van der Waals surface area (Å²) < 4.78 is 17.0. The summed E-state index contributed by atoms with van der Waals surface area (Å²) in [5.74, 6) is -0.420. The van der Waals surface area contributed by atoms with Crippen molar-refractivity contribution in [2.75, 3.05) is 6.61 Å². The maximum atomic E-state index is 10.3. The Bertz CT molecular complexity index is 1090. The molecule has 2 aromatic carbocycles. The third-order valence-electron chi connectivity index (χ3n) is 5.04. The lowest BCUT2D eigenvalue weighted by molar-refractivity contribution is -0.277. The zero-order valence-corrected chi connectivity index (χ0v) is 17.1. The number of ether oxygens (including phenoxy) is 2. The molecule has 0 saturated carbocycles. The van der Waals surface area contributed by atoms with Crippen LogP contribution >= 0.6 is 0 Å². The molecule has 5 atom stereocenters. The average molecular weight is 469 g/mol. The molecule has 1 fully saturated rings. The number of phenols is 3. The summed E-state index contributed by atoms with van der Waals surface area (Å²) in [6.07, 6.45) is -7.52. The molecule has 7 N–H and O–H groups in total. The fourth-order valence-electron chi connectivity index (χ4n) is 3.38. The molecule has 1 saturated heterocycles. The number of phenolic OH excluding ortho intramolecular Hbond substituents is 3. The summed E-state index contributed by atoms with van der Waals surface area (Å²) in [6.45, 7) is -0.627. The molecule has 3 aromatic rings. The molecule has 32 heavy (non-hydrogen) atoms. The van der Waals surface area contributed by atoms with E-state index in [9.17, 15) is 35.7 Å². The van der Waals surface area contributed by atoms with Crippen molar-refractivity contribution < 1.29 is 62.0 Å². The van der Waals surface area contributed by atoms with E-state index in [0.29, 0.717) is 5.56 Å². The second-order valence-corrected chi connectivity index (χ2v) is 7.18. The first-order valence-electron chi connectivity index (χ1n) is 9.38. The van der Waals surface area contributed by atoms with Crippen LogP contribution in [0.3, 0.4) is 0 Å². The number of hydrogen-bond acceptors (Lipinski definition) is 9. The van der Waals surface area contributed by atoms with E-state index in [1.165, 1.54) is 36.4 Å². The van der Waals surface area contributed by atoms with E-state index in [2.05, 4.69) is 0 Å². The van der Waals surface area contributed by atoms with Gasteiger partial charge in [0.1, 0.15) is 47.1 Å². The van der Waals surface area contributed by atoms with Crippen LogP contribution in [0, 0.1) is 0 Å². The van der Waals surface area contributed by atoms with Crippen LogP contribution in [0.5, 0.6) is 23.0 Å².